The molecule has 0 saturated heterocycles. The first-order valence-electron chi connectivity index (χ1n) is 22.3. The van der Waals surface area contributed by atoms with E-state index in [1.807, 2.05) is 0 Å². The number of benzene rings is 10. The molecule has 0 spiro atoms. The van der Waals surface area contributed by atoms with Gasteiger partial charge in [0.2, 0.25) is 0 Å². The Bertz CT molecular complexity index is 3410. The molecule has 0 N–H and O–H groups in total. The summed E-state index contributed by atoms with van der Waals surface area (Å²) in [6, 6.07) is 75.3. The second-order valence-electron chi connectivity index (χ2n) is 18.9. The van der Waals surface area contributed by atoms with Crippen molar-refractivity contribution in [2.45, 2.75) is 38.5 Å². The summed E-state index contributed by atoms with van der Waals surface area (Å²) in [6.07, 6.45) is 0. The van der Waals surface area contributed by atoms with Crippen LogP contribution >= 0.6 is 0 Å². The lowest BCUT2D eigenvalue weighted by atomic mass is 9.81. The van der Waals surface area contributed by atoms with Crippen molar-refractivity contribution in [3.05, 3.63) is 222 Å². The third kappa shape index (κ3) is 5.23. The van der Waals surface area contributed by atoms with Crippen LogP contribution < -0.4 is 0 Å². The number of hydrogen-bond acceptors (Lipinski definition) is 0. The van der Waals surface area contributed by atoms with Gasteiger partial charge in [-0.1, -0.05) is 179 Å². The first kappa shape index (κ1) is 36.2. The third-order valence-corrected chi connectivity index (χ3v) is 14.8. The molecule has 0 aliphatic heterocycles. The average Bonchev–Trinajstić information content (AvgIpc) is 3.88. The molecule has 1 nitrogen and oxygen atoms in total. The molecule has 0 amide bonds. The second kappa shape index (κ2) is 13.0. The molecule has 13 rings (SSSR count). The normalized spacial score (nSPS) is 14.3. The molecule has 2 aliphatic rings. The minimum Gasteiger partial charge on any atom is -0.309 e. The van der Waals surface area contributed by atoms with Crippen molar-refractivity contribution in [1.29, 1.82) is 0 Å². The van der Waals surface area contributed by atoms with Gasteiger partial charge in [0.05, 0.1) is 11.0 Å². The lowest BCUT2D eigenvalue weighted by molar-refractivity contribution is 0.660. The zero-order valence-electron chi connectivity index (χ0n) is 36.0. The quantitative estimate of drug-likeness (QED) is 0.153. The molecule has 1 aromatic heterocycles. The van der Waals surface area contributed by atoms with Crippen LogP contribution in [0.1, 0.15) is 49.9 Å². The van der Waals surface area contributed by atoms with Crippen LogP contribution in [0.3, 0.4) is 0 Å². The summed E-state index contributed by atoms with van der Waals surface area (Å²) in [5.74, 6) is 0. The van der Waals surface area contributed by atoms with Crippen molar-refractivity contribution in [2.75, 3.05) is 0 Å². The van der Waals surface area contributed by atoms with Crippen LogP contribution in [0.25, 0.3) is 105 Å². The summed E-state index contributed by atoms with van der Waals surface area (Å²) >= 11 is 0. The molecule has 0 radical (unpaired) electrons. The summed E-state index contributed by atoms with van der Waals surface area (Å²) in [5, 5.41) is 5.16. The highest BCUT2D eigenvalue weighted by molar-refractivity contribution is 6.25. The molecule has 2 aliphatic carbocycles. The van der Waals surface area contributed by atoms with Crippen molar-refractivity contribution < 1.29 is 0 Å². The topological polar surface area (TPSA) is 4.93 Å². The van der Waals surface area contributed by atoms with Gasteiger partial charge in [-0.25, -0.2) is 0 Å². The monoisotopic (exact) mass is 803 g/mol. The molecule has 0 atom stereocenters. The lowest BCUT2D eigenvalue weighted by Crippen LogP contribution is -2.14. The van der Waals surface area contributed by atoms with E-state index in [2.05, 4.69) is 232 Å². The minimum atomic E-state index is -0.0242. The highest BCUT2D eigenvalue weighted by atomic mass is 15.0. The van der Waals surface area contributed by atoms with Crippen molar-refractivity contribution in [3.63, 3.8) is 0 Å². The van der Waals surface area contributed by atoms with Crippen molar-refractivity contribution in [2.24, 2.45) is 0 Å². The van der Waals surface area contributed by atoms with Crippen LogP contribution in [0.5, 0.6) is 0 Å². The van der Waals surface area contributed by atoms with Gasteiger partial charge in [-0.2, -0.15) is 0 Å². The molecule has 0 saturated carbocycles. The standard InChI is InChI=1S/C62H45N/c1-61(2)53-16-10-8-14-49(53)51-30-28-42(34-55(51)61)38-18-22-40(23-19-38)46-32-44-26-27-45-33-47(37-58-60(45)59(44)57(36-46)63(58)48-12-6-5-7-13-48)41-24-20-39(21-25-41)43-29-31-52-50-15-9-11-17-54(50)62(3,4)56(52)35-43/h5-37H,1-4H3. The van der Waals surface area contributed by atoms with Gasteiger partial charge in [0, 0.05) is 27.3 Å². The molecular formula is C62H45N. The van der Waals surface area contributed by atoms with E-state index in [1.54, 1.807) is 0 Å². The van der Waals surface area contributed by atoms with Crippen LogP contribution in [0.2, 0.25) is 0 Å². The van der Waals surface area contributed by atoms with E-state index in [4.69, 9.17) is 0 Å². The molecule has 0 fully saturated rings. The van der Waals surface area contributed by atoms with E-state index < -0.39 is 0 Å². The number of para-hydroxylation sites is 1. The van der Waals surface area contributed by atoms with E-state index >= 15 is 0 Å². The van der Waals surface area contributed by atoms with Crippen LogP contribution in [0, 0.1) is 0 Å². The smallest absolute Gasteiger partial charge is 0.0553 e. The van der Waals surface area contributed by atoms with Gasteiger partial charge in [0.1, 0.15) is 0 Å². The maximum absolute atomic E-state index is 2.48. The molecule has 11 aromatic rings. The Labute approximate surface area is 368 Å². The number of hydrogen-bond donors (Lipinski definition) is 0. The van der Waals surface area contributed by atoms with Crippen molar-refractivity contribution in [1.82, 2.24) is 4.57 Å². The molecule has 1 heterocycles. The summed E-state index contributed by atoms with van der Waals surface area (Å²) in [6.45, 7) is 9.42. The number of aromatic nitrogens is 1. The molecule has 10 aromatic carbocycles. The average molecular weight is 804 g/mol. The fourth-order valence-electron chi connectivity index (χ4n) is 11.4. The zero-order chi connectivity index (χ0) is 42.2. The Balaban J connectivity index is 0.883. The third-order valence-electron chi connectivity index (χ3n) is 14.8. The first-order chi connectivity index (χ1) is 30.7. The fourth-order valence-corrected chi connectivity index (χ4v) is 11.4. The Morgan fingerprint density at radius 2 is 0.651 bits per heavy atom. The molecule has 63 heavy (non-hydrogen) atoms. The lowest BCUT2D eigenvalue weighted by Gasteiger charge is -2.22. The highest BCUT2D eigenvalue weighted by Crippen LogP contribution is 2.51. The molecular weight excluding hydrogens is 759 g/mol. The number of fused-ring (bicyclic) bond motifs is 6. The first-order valence-corrected chi connectivity index (χ1v) is 22.3. The highest BCUT2D eigenvalue weighted by Gasteiger charge is 2.36. The van der Waals surface area contributed by atoms with E-state index in [9.17, 15) is 0 Å². The maximum Gasteiger partial charge on any atom is 0.0553 e. The molecule has 298 valence electrons. The summed E-state index contributed by atoms with van der Waals surface area (Å²) in [7, 11) is 0. The number of rotatable bonds is 5. The van der Waals surface area contributed by atoms with Gasteiger partial charge in [0.15, 0.2) is 0 Å². The van der Waals surface area contributed by atoms with Gasteiger partial charge in [-0.05, 0) is 148 Å². The van der Waals surface area contributed by atoms with Crippen molar-refractivity contribution >= 4 is 32.6 Å². The van der Waals surface area contributed by atoms with Crippen LogP contribution in [0.15, 0.2) is 200 Å². The summed E-state index contributed by atoms with van der Waals surface area (Å²) in [5.41, 5.74) is 24.5. The SMILES string of the molecule is CC1(C)c2ccccc2-c2ccc(-c3ccc(-c4cc5ccc6cc(-c7ccc(-c8ccc9c(c8)C(C)(C)c8ccccc8-9)cc7)cc7c6c5c(c4)n7-c4ccccc4)cc3)cc21. The van der Waals surface area contributed by atoms with Crippen LogP contribution in [0.4, 0.5) is 0 Å². The Hall–Kier alpha value is -7.48. The van der Waals surface area contributed by atoms with E-state index in [0.29, 0.717) is 0 Å². The number of nitrogens with zero attached hydrogens (tertiary/aromatic N) is 1. The molecule has 0 unspecified atom stereocenters. The molecule has 0 bridgehead atoms. The Morgan fingerprint density at radius 3 is 1.10 bits per heavy atom. The zero-order valence-corrected chi connectivity index (χ0v) is 36.0. The summed E-state index contributed by atoms with van der Waals surface area (Å²) in [4.78, 5) is 0. The Morgan fingerprint density at radius 1 is 0.286 bits per heavy atom. The largest absolute Gasteiger partial charge is 0.309 e. The molecule has 1 heteroatoms. The van der Waals surface area contributed by atoms with Crippen molar-refractivity contribution in [3.8, 4) is 72.4 Å². The maximum atomic E-state index is 2.48. The van der Waals surface area contributed by atoms with Gasteiger partial charge < -0.3 is 4.57 Å². The minimum absolute atomic E-state index is 0.0242. The predicted octanol–water partition coefficient (Wildman–Crippen LogP) is 16.7. The second-order valence-corrected chi connectivity index (χ2v) is 18.9. The van der Waals surface area contributed by atoms with Gasteiger partial charge in [-0.15, -0.1) is 0 Å². The fraction of sp³-hybridized carbons (Fsp3) is 0.0968. The van der Waals surface area contributed by atoms with E-state index in [0.717, 1.165) is 0 Å². The van der Waals surface area contributed by atoms with Gasteiger partial charge >= 0.3 is 0 Å². The summed E-state index contributed by atoms with van der Waals surface area (Å²) < 4.78 is 2.48. The van der Waals surface area contributed by atoms with Crippen LogP contribution in [-0.4, -0.2) is 4.57 Å². The predicted molar refractivity (Wildman–Crippen MR) is 266 cm³/mol. The van der Waals surface area contributed by atoms with Gasteiger partial charge in [0.25, 0.3) is 0 Å². The van der Waals surface area contributed by atoms with E-state index in [-0.39, 0.29) is 10.8 Å². The van der Waals surface area contributed by atoms with Gasteiger partial charge in [-0.3, -0.25) is 0 Å². The van der Waals surface area contributed by atoms with E-state index in [1.165, 1.54) is 127 Å². The van der Waals surface area contributed by atoms with Crippen LogP contribution in [-0.2, 0) is 10.8 Å². The Kier molecular flexibility index (Phi) is 7.48.